The Bertz CT molecular complexity index is 843. The Morgan fingerprint density at radius 1 is 1.33 bits per heavy atom. The molecule has 1 amide bonds. The minimum Gasteiger partial charge on any atom is -0.494 e. The Labute approximate surface area is 178 Å². The Morgan fingerprint density at radius 2 is 2.03 bits per heavy atom. The second-order valence-electron chi connectivity index (χ2n) is 9.40. The van der Waals surface area contributed by atoms with E-state index in [4.69, 9.17) is 0 Å². The van der Waals surface area contributed by atoms with Gasteiger partial charge in [0, 0.05) is 30.6 Å². The van der Waals surface area contributed by atoms with Crippen LogP contribution < -0.4 is 10.6 Å². The summed E-state index contributed by atoms with van der Waals surface area (Å²) in [6.07, 6.45) is 8.83. The van der Waals surface area contributed by atoms with Crippen LogP contribution in [0.3, 0.4) is 0 Å². The zero-order valence-corrected chi connectivity index (χ0v) is 18.4. The molecule has 2 heterocycles. The van der Waals surface area contributed by atoms with Gasteiger partial charge in [0.05, 0.1) is 17.8 Å². The number of carbonyl (C=O) groups excluding carboxylic acids is 1. The van der Waals surface area contributed by atoms with Crippen molar-refractivity contribution in [3.05, 3.63) is 24.5 Å². The minimum absolute atomic E-state index is 0.0730. The van der Waals surface area contributed by atoms with Crippen molar-refractivity contribution >= 4 is 17.4 Å². The molecule has 1 atom stereocenters. The largest absolute Gasteiger partial charge is 0.494 e. The second kappa shape index (κ2) is 9.12. The highest BCUT2D eigenvalue weighted by Gasteiger charge is 2.29. The van der Waals surface area contributed by atoms with Crippen LogP contribution in [-0.4, -0.2) is 42.1 Å². The van der Waals surface area contributed by atoms with E-state index in [1.165, 1.54) is 12.8 Å². The van der Waals surface area contributed by atoms with Gasteiger partial charge in [0.2, 0.25) is 5.91 Å². The Balaban J connectivity index is 1.78. The molecule has 3 rings (SSSR count). The number of aromatic nitrogens is 3. The minimum atomic E-state index is -0.894. The van der Waals surface area contributed by atoms with Gasteiger partial charge >= 0.3 is 0 Å². The van der Waals surface area contributed by atoms with Gasteiger partial charge < -0.3 is 25.4 Å². The van der Waals surface area contributed by atoms with Crippen LogP contribution >= 0.6 is 0 Å². The van der Waals surface area contributed by atoms with E-state index in [1.54, 1.807) is 47.6 Å². The lowest BCUT2D eigenvalue weighted by Gasteiger charge is -2.22. The molecule has 0 bridgehead atoms. The molecule has 4 N–H and O–H groups in total. The highest BCUT2D eigenvalue weighted by molar-refractivity contribution is 5.93. The van der Waals surface area contributed by atoms with E-state index in [9.17, 15) is 15.0 Å². The molecule has 166 valence electrons. The number of aliphatic hydroxyl groups is 1. The third-order valence-corrected chi connectivity index (χ3v) is 5.39. The molecular weight excluding hydrogens is 382 g/mol. The first kappa shape index (κ1) is 22.2. The zero-order chi connectivity index (χ0) is 21.9. The fourth-order valence-corrected chi connectivity index (χ4v) is 4.16. The van der Waals surface area contributed by atoms with E-state index in [0.29, 0.717) is 24.7 Å². The molecule has 1 aliphatic carbocycles. The van der Waals surface area contributed by atoms with Gasteiger partial charge in [0.25, 0.3) is 0 Å². The number of hydrogen-bond acceptors (Lipinski definition) is 5. The van der Waals surface area contributed by atoms with Gasteiger partial charge in [-0.15, -0.1) is 0 Å². The summed E-state index contributed by atoms with van der Waals surface area (Å²) in [5, 5.41) is 31.0. The first-order chi connectivity index (χ1) is 14.1. The van der Waals surface area contributed by atoms with Crippen LogP contribution in [0.1, 0.15) is 65.8 Å². The van der Waals surface area contributed by atoms with Crippen LogP contribution in [0.2, 0.25) is 0 Å². The summed E-state index contributed by atoms with van der Waals surface area (Å²) in [4.78, 5) is 13.2. The number of nitrogens with zero attached hydrogens (tertiary/aromatic N) is 3. The highest BCUT2D eigenvalue weighted by Crippen LogP contribution is 2.35. The predicted octanol–water partition coefficient (Wildman–Crippen LogP) is 3.74. The van der Waals surface area contributed by atoms with E-state index in [1.807, 2.05) is 13.8 Å². The van der Waals surface area contributed by atoms with Crippen LogP contribution in [0.5, 0.6) is 5.88 Å². The van der Waals surface area contributed by atoms with Gasteiger partial charge in [-0.25, -0.2) is 0 Å². The van der Waals surface area contributed by atoms with Gasteiger partial charge in [-0.3, -0.25) is 9.48 Å². The lowest BCUT2D eigenvalue weighted by molar-refractivity contribution is -0.119. The van der Waals surface area contributed by atoms with Crippen molar-refractivity contribution in [3.8, 4) is 5.88 Å². The van der Waals surface area contributed by atoms with Crippen molar-refractivity contribution in [1.29, 1.82) is 0 Å². The molecule has 0 radical (unpaired) electrons. The van der Waals surface area contributed by atoms with Gasteiger partial charge in [0.15, 0.2) is 11.7 Å². The van der Waals surface area contributed by atoms with Crippen LogP contribution in [0.25, 0.3) is 0 Å². The molecule has 1 fully saturated rings. The highest BCUT2D eigenvalue weighted by atomic mass is 16.3. The molecule has 2 aromatic rings. The molecule has 1 saturated carbocycles. The molecule has 8 nitrogen and oxygen atoms in total. The molecule has 2 aromatic heterocycles. The summed E-state index contributed by atoms with van der Waals surface area (Å²) >= 11 is 0. The van der Waals surface area contributed by atoms with E-state index in [-0.39, 0.29) is 17.8 Å². The van der Waals surface area contributed by atoms with Gasteiger partial charge in [-0.05, 0) is 40.0 Å². The summed E-state index contributed by atoms with van der Waals surface area (Å²) in [6, 6.07) is 3.09. The maximum absolute atomic E-state index is 13.2. The fraction of sp³-hybridized carbons (Fsp3) is 0.636. The van der Waals surface area contributed by atoms with Crippen molar-refractivity contribution < 1.29 is 15.0 Å². The smallest absolute Gasteiger partial charge is 0.248 e. The Morgan fingerprint density at radius 3 is 2.67 bits per heavy atom. The molecule has 0 aliphatic heterocycles. The lowest BCUT2D eigenvalue weighted by atomic mass is 9.97. The zero-order valence-electron chi connectivity index (χ0n) is 18.4. The van der Waals surface area contributed by atoms with Gasteiger partial charge in [0.1, 0.15) is 6.04 Å². The predicted molar refractivity (Wildman–Crippen MR) is 118 cm³/mol. The maximum atomic E-state index is 13.2. The average molecular weight is 418 g/mol. The number of nitrogens with one attached hydrogen (secondary N) is 2. The van der Waals surface area contributed by atoms with E-state index in [0.717, 1.165) is 18.5 Å². The van der Waals surface area contributed by atoms with Crippen LogP contribution in [0, 0.1) is 5.92 Å². The van der Waals surface area contributed by atoms with Crippen molar-refractivity contribution in [2.24, 2.45) is 5.92 Å². The maximum Gasteiger partial charge on any atom is 0.248 e. The first-order valence-corrected chi connectivity index (χ1v) is 10.8. The number of amides is 1. The number of hydrogen-bond donors (Lipinski definition) is 4. The number of anilines is 2. The number of rotatable bonds is 9. The molecule has 1 aliphatic rings. The molecule has 0 aromatic carbocycles. The van der Waals surface area contributed by atoms with E-state index < -0.39 is 11.6 Å². The molecule has 0 spiro atoms. The summed E-state index contributed by atoms with van der Waals surface area (Å²) in [5.41, 5.74) is -0.101. The second-order valence-corrected chi connectivity index (χ2v) is 9.40. The normalized spacial score (nSPS) is 16.2. The Hall–Kier alpha value is -2.48. The standard InChI is InChI=1S/C22H35N5O3/c1-15(2)23-17-12-20(28)27(13-17)18(11-16-7-5-6-8-16)21(29)24-19-9-10-26(25-19)14-22(3,4)30/h9-10,12-13,15-16,18,23,28,30H,5-8,11,14H2,1-4H3,(H,24,25,29)/t18-/m0/s1. The number of aromatic hydroxyl groups is 1. The Kier molecular flexibility index (Phi) is 6.75. The molecule has 30 heavy (non-hydrogen) atoms. The van der Waals surface area contributed by atoms with Gasteiger partial charge in [-0.2, -0.15) is 5.10 Å². The first-order valence-electron chi connectivity index (χ1n) is 10.8. The SMILES string of the molecule is CC(C)Nc1cc(O)n([C@@H](CC2CCCC2)C(=O)Nc2ccn(CC(C)(C)O)n2)c1. The van der Waals surface area contributed by atoms with E-state index >= 15 is 0 Å². The lowest BCUT2D eigenvalue weighted by Crippen LogP contribution is -2.28. The van der Waals surface area contributed by atoms with Crippen molar-refractivity contribution in [3.63, 3.8) is 0 Å². The third kappa shape index (κ3) is 6.01. The van der Waals surface area contributed by atoms with Gasteiger partial charge in [-0.1, -0.05) is 25.7 Å². The van der Waals surface area contributed by atoms with Crippen molar-refractivity contribution in [1.82, 2.24) is 14.3 Å². The molecule has 0 unspecified atom stereocenters. The molecular formula is C22H35N5O3. The van der Waals surface area contributed by atoms with Crippen molar-refractivity contribution in [2.45, 2.75) is 84.0 Å². The quantitative estimate of drug-likeness (QED) is 0.497. The summed E-state index contributed by atoms with van der Waals surface area (Å²) in [5.74, 6) is 0.783. The number of carbonyl (C=O) groups is 1. The van der Waals surface area contributed by atoms with E-state index in [2.05, 4.69) is 15.7 Å². The monoisotopic (exact) mass is 417 g/mol. The molecule has 8 heteroatoms. The topological polar surface area (TPSA) is 104 Å². The fourth-order valence-electron chi connectivity index (χ4n) is 4.16. The van der Waals surface area contributed by atoms with Crippen molar-refractivity contribution in [2.75, 3.05) is 10.6 Å². The van der Waals surface area contributed by atoms with Crippen LogP contribution in [-0.2, 0) is 11.3 Å². The summed E-state index contributed by atoms with van der Waals surface area (Å²) in [7, 11) is 0. The summed E-state index contributed by atoms with van der Waals surface area (Å²) in [6.45, 7) is 7.81. The summed E-state index contributed by atoms with van der Waals surface area (Å²) < 4.78 is 3.27. The van der Waals surface area contributed by atoms with Crippen LogP contribution in [0.4, 0.5) is 11.5 Å². The third-order valence-electron chi connectivity index (χ3n) is 5.39. The average Bonchev–Trinajstić information content (AvgIpc) is 3.33. The van der Waals surface area contributed by atoms with Crippen LogP contribution in [0.15, 0.2) is 24.5 Å². The molecule has 0 saturated heterocycles.